The van der Waals surface area contributed by atoms with Gasteiger partial charge >= 0.3 is 0 Å². The van der Waals surface area contributed by atoms with Crippen LogP contribution in [0.25, 0.3) is 0 Å². The molecule has 0 saturated heterocycles. The highest BCUT2D eigenvalue weighted by Gasteiger charge is 2.02. The highest BCUT2D eigenvalue weighted by atomic mass is 19.3. The summed E-state index contributed by atoms with van der Waals surface area (Å²) < 4.78 is 24.2. The summed E-state index contributed by atoms with van der Waals surface area (Å²) in [6, 6.07) is 0. The summed E-state index contributed by atoms with van der Waals surface area (Å²) in [6.45, 7) is 2.17. The van der Waals surface area contributed by atoms with Gasteiger partial charge in [0.1, 0.15) is 0 Å². The van der Waals surface area contributed by atoms with E-state index in [9.17, 15) is 8.78 Å². The summed E-state index contributed by atoms with van der Waals surface area (Å²) >= 11 is 0. The molecule has 0 N–H and O–H groups in total. The van der Waals surface area contributed by atoms with E-state index in [1.54, 1.807) is 0 Å². The standard InChI is InChI=1S/C13H20F2/c1-3-5-6-7-8-9-10-11-12(4-2)13(14)15/h2H,3,5-11H2,1H3. The lowest BCUT2D eigenvalue weighted by Crippen LogP contribution is -1.84. The molecule has 0 radical (unpaired) electrons. The van der Waals surface area contributed by atoms with Crippen molar-refractivity contribution in [3.05, 3.63) is 11.7 Å². The van der Waals surface area contributed by atoms with Gasteiger partial charge in [0, 0.05) is 0 Å². The number of hydrogen-bond donors (Lipinski definition) is 0. The first-order valence-electron chi connectivity index (χ1n) is 5.73. The van der Waals surface area contributed by atoms with Gasteiger partial charge in [-0.25, -0.2) is 0 Å². The van der Waals surface area contributed by atoms with Crippen LogP contribution in [0.3, 0.4) is 0 Å². The van der Waals surface area contributed by atoms with Crippen LogP contribution >= 0.6 is 0 Å². The molecule has 0 nitrogen and oxygen atoms in total. The zero-order valence-electron chi connectivity index (χ0n) is 9.49. The molecule has 0 unspecified atom stereocenters. The Morgan fingerprint density at radius 3 is 2.00 bits per heavy atom. The second-order valence-corrected chi connectivity index (χ2v) is 3.75. The first-order valence-corrected chi connectivity index (χ1v) is 5.73. The minimum absolute atomic E-state index is 0.122. The number of unbranched alkanes of at least 4 members (excludes halogenated alkanes) is 6. The second kappa shape index (κ2) is 9.71. The molecule has 0 saturated carbocycles. The number of rotatable bonds is 8. The summed E-state index contributed by atoms with van der Waals surface area (Å²) in [4.78, 5) is 0. The predicted molar refractivity (Wildman–Crippen MR) is 60.7 cm³/mol. The van der Waals surface area contributed by atoms with E-state index in [0.29, 0.717) is 6.42 Å². The van der Waals surface area contributed by atoms with Crippen molar-refractivity contribution in [1.82, 2.24) is 0 Å². The molecule has 15 heavy (non-hydrogen) atoms. The Bertz CT molecular complexity index is 219. The largest absolute Gasteiger partial charge is 0.281 e. The first kappa shape index (κ1) is 14.2. The van der Waals surface area contributed by atoms with Crippen molar-refractivity contribution in [2.45, 2.75) is 58.3 Å². The zero-order valence-corrected chi connectivity index (χ0v) is 9.49. The van der Waals surface area contributed by atoms with Gasteiger partial charge in [0.15, 0.2) is 0 Å². The third-order valence-electron chi connectivity index (χ3n) is 2.43. The van der Waals surface area contributed by atoms with Crippen molar-refractivity contribution >= 4 is 0 Å². The van der Waals surface area contributed by atoms with E-state index in [4.69, 9.17) is 6.42 Å². The lowest BCUT2D eigenvalue weighted by atomic mass is 10.1. The number of allylic oxidation sites excluding steroid dienone is 1. The van der Waals surface area contributed by atoms with Crippen molar-refractivity contribution in [3.8, 4) is 12.3 Å². The topological polar surface area (TPSA) is 0 Å². The van der Waals surface area contributed by atoms with Gasteiger partial charge in [-0.2, -0.15) is 8.78 Å². The second-order valence-electron chi connectivity index (χ2n) is 3.75. The van der Waals surface area contributed by atoms with E-state index in [2.05, 4.69) is 6.92 Å². The molecule has 0 aromatic heterocycles. The molecule has 0 aromatic carbocycles. The molecular weight excluding hydrogens is 194 g/mol. The number of terminal acetylenes is 1. The summed E-state index contributed by atoms with van der Waals surface area (Å²) in [5.74, 6) is 2.04. The minimum atomic E-state index is -1.69. The average Bonchev–Trinajstić information content (AvgIpc) is 2.21. The smallest absolute Gasteiger partial charge is 0.172 e. The Kier molecular flexibility index (Phi) is 9.16. The van der Waals surface area contributed by atoms with Crippen molar-refractivity contribution < 1.29 is 8.78 Å². The lowest BCUT2D eigenvalue weighted by Gasteiger charge is -2.00. The third-order valence-corrected chi connectivity index (χ3v) is 2.43. The van der Waals surface area contributed by atoms with Crippen molar-refractivity contribution in [3.63, 3.8) is 0 Å². The molecule has 0 spiro atoms. The van der Waals surface area contributed by atoms with Gasteiger partial charge in [0.05, 0.1) is 5.57 Å². The molecule has 86 valence electrons. The molecule has 0 aliphatic heterocycles. The fourth-order valence-electron chi connectivity index (χ4n) is 1.48. The van der Waals surface area contributed by atoms with Gasteiger partial charge in [0.2, 0.25) is 0 Å². The van der Waals surface area contributed by atoms with E-state index in [1.807, 2.05) is 5.92 Å². The molecule has 0 amide bonds. The van der Waals surface area contributed by atoms with Crippen molar-refractivity contribution in [2.24, 2.45) is 0 Å². The Hall–Kier alpha value is -0.840. The van der Waals surface area contributed by atoms with Crippen LogP contribution in [0.2, 0.25) is 0 Å². The van der Waals surface area contributed by atoms with E-state index >= 15 is 0 Å². The van der Waals surface area contributed by atoms with Crippen LogP contribution in [0.4, 0.5) is 8.78 Å². The van der Waals surface area contributed by atoms with Crippen LogP contribution in [-0.4, -0.2) is 0 Å². The monoisotopic (exact) mass is 214 g/mol. The molecule has 0 aromatic rings. The molecule has 0 heterocycles. The van der Waals surface area contributed by atoms with E-state index in [0.717, 1.165) is 19.3 Å². The maximum absolute atomic E-state index is 12.1. The highest BCUT2D eigenvalue weighted by molar-refractivity contribution is 5.25. The number of halogens is 2. The molecular formula is C13H20F2. The summed E-state index contributed by atoms with van der Waals surface area (Å²) in [5, 5.41) is 0. The molecule has 0 aliphatic rings. The maximum Gasteiger partial charge on any atom is 0.281 e. The Morgan fingerprint density at radius 2 is 1.53 bits per heavy atom. The van der Waals surface area contributed by atoms with Crippen LogP contribution in [-0.2, 0) is 0 Å². The predicted octanol–water partition coefficient (Wildman–Crippen LogP) is 4.91. The van der Waals surface area contributed by atoms with Crippen molar-refractivity contribution in [1.29, 1.82) is 0 Å². The minimum Gasteiger partial charge on any atom is -0.172 e. The SMILES string of the molecule is C#CC(CCCCCCCCC)=C(F)F. The van der Waals surface area contributed by atoms with E-state index in [-0.39, 0.29) is 5.57 Å². The summed E-state index contributed by atoms with van der Waals surface area (Å²) in [6.07, 6.45) is 11.5. The lowest BCUT2D eigenvalue weighted by molar-refractivity contribution is 0.410. The molecule has 0 bridgehead atoms. The molecule has 2 heteroatoms. The summed E-state index contributed by atoms with van der Waals surface area (Å²) in [7, 11) is 0. The fourth-order valence-corrected chi connectivity index (χ4v) is 1.48. The van der Waals surface area contributed by atoms with Gasteiger partial charge in [-0.15, -0.1) is 6.42 Å². The fraction of sp³-hybridized carbons (Fsp3) is 0.692. The Morgan fingerprint density at radius 1 is 1.00 bits per heavy atom. The molecule has 0 rings (SSSR count). The van der Waals surface area contributed by atoms with E-state index in [1.165, 1.54) is 25.7 Å². The summed E-state index contributed by atoms with van der Waals surface area (Å²) in [5.41, 5.74) is -0.122. The Labute approximate surface area is 91.8 Å². The maximum atomic E-state index is 12.1. The quantitative estimate of drug-likeness (QED) is 0.398. The van der Waals surface area contributed by atoms with Crippen molar-refractivity contribution in [2.75, 3.05) is 0 Å². The highest BCUT2D eigenvalue weighted by Crippen LogP contribution is 2.16. The number of hydrogen-bond acceptors (Lipinski definition) is 0. The molecule has 0 aliphatic carbocycles. The van der Waals surface area contributed by atoms with E-state index < -0.39 is 6.08 Å². The zero-order chi connectivity index (χ0) is 11.5. The van der Waals surface area contributed by atoms with Gasteiger partial charge < -0.3 is 0 Å². The van der Waals surface area contributed by atoms with Crippen LogP contribution < -0.4 is 0 Å². The van der Waals surface area contributed by atoms with Gasteiger partial charge in [-0.1, -0.05) is 51.4 Å². The van der Waals surface area contributed by atoms with Crippen LogP contribution in [0, 0.1) is 12.3 Å². The van der Waals surface area contributed by atoms with Crippen LogP contribution in [0.15, 0.2) is 11.7 Å². The molecule has 0 atom stereocenters. The van der Waals surface area contributed by atoms with Gasteiger partial charge in [-0.05, 0) is 12.8 Å². The average molecular weight is 214 g/mol. The first-order chi connectivity index (χ1) is 7.22. The van der Waals surface area contributed by atoms with Gasteiger partial charge in [0.25, 0.3) is 6.08 Å². The van der Waals surface area contributed by atoms with Gasteiger partial charge in [-0.3, -0.25) is 0 Å². The molecule has 0 fully saturated rings. The van der Waals surface area contributed by atoms with Crippen LogP contribution in [0.5, 0.6) is 0 Å². The normalized spacial score (nSPS) is 9.73. The van der Waals surface area contributed by atoms with Crippen LogP contribution in [0.1, 0.15) is 58.3 Å². The third kappa shape index (κ3) is 8.17. The Balaban J connectivity index is 3.39.